The van der Waals surface area contributed by atoms with Crippen LogP contribution in [0.2, 0.25) is 0 Å². The lowest BCUT2D eigenvalue weighted by molar-refractivity contribution is 0.244. The van der Waals surface area contributed by atoms with Gasteiger partial charge < -0.3 is 4.98 Å². The molecule has 4 nitrogen and oxygen atoms in total. The van der Waals surface area contributed by atoms with Crippen molar-refractivity contribution in [3.05, 3.63) is 62.7 Å². The lowest BCUT2D eigenvalue weighted by Gasteiger charge is -2.20. The van der Waals surface area contributed by atoms with Gasteiger partial charge in [-0.2, -0.15) is 0 Å². The first-order valence-electron chi connectivity index (χ1n) is 7.54. The summed E-state index contributed by atoms with van der Waals surface area (Å²) >= 11 is 1.77. The highest BCUT2D eigenvalue weighted by Crippen LogP contribution is 2.30. The topological polar surface area (TPSA) is 49.0 Å². The molecule has 1 fully saturated rings. The van der Waals surface area contributed by atoms with Gasteiger partial charge in [-0.15, -0.1) is 11.3 Å². The third kappa shape index (κ3) is 2.82. The minimum atomic E-state index is -0.0736. The van der Waals surface area contributed by atoms with Crippen LogP contribution in [0.3, 0.4) is 0 Å². The smallest absolute Gasteiger partial charge is 0.271 e. The number of benzene rings is 1. The van der Waals surface area contributed by atoms with E-state index in [1.807, 2.05) is 24.3 Å². The molecule has 3 aromatic rings. The van der Waals surface area contributed by atoms with Crippen molar-refractivity contribution < 1.29 is 0 Å². The number of aromatic amines is 1. The van der Waals surface area contributed by atoms with Crippen molar-refractivity contribution in [2.24, 2.45) is 0 Å². The zero-order valence-electron chi connectivity index (χ0n) is 12.2. The summed E-state index contributed by atoms with van der Waals surface area (Å²) < 4.78 is 0. The summed E-state index contributed by atoms with van der Waals surface area (Å²) in [7, 11) is 0. The van der Waals surface area contributed by atoms with Gasteiger partial charge in [-0.3, -0.25) is 9.69 Å². The van der Waals surface area contributed by atoms with E-state index >= 15 is 0 Å². The average molecular weight is 311 g/mol. The summed E-state index contributed by atoms with van der Waals surface area (Å²) in [6.45, 7) is 1.51. The van der Waals surface area contributed by atoms with Crippen LogP contribution in [0.15, 0.2) is 46.6 Å². The molecule has 2 aromatic heterocycles. The van der Waals surface area contributed by atoms with E-state index < -0.39 is 0 Å². The number of hydrogen-bond donors (Lipinski definition) is 1. The molecule has 5 heteroatoms. The maximum atomic E-state index is 12.3. The largest absolute Gasteiger partial charge is 0.319 e. The Labute approximate surface area is 132 Å². The van der Waals surface area contributed by atoms with Gasteiger partial charge in [0.2, 0.25) is 0 Å². The number of rotatable bonds is 5. The van der Waals surface area contributed by atoms with Crippen LogP contribution in [0.1, 0.15) is 23.4 Å². The predicted octanol–water partition coefficient (Wildman–Crippen LogP) is 3.15. The molecule has 1 aliphatic carbocycles. The van der Waals surface area contributed by atoms with Crippen LogP contribution in [0.25, 0.3) is 11.0 Å². The molecule has 4 rings (SSSR count). The minimum Gasteiger partial charge on any atom is -0.319 e. The van der Waals surface area contributed by atoms with E-state index in [-0.39, 0.29) is 5.56 Å². The van der Waals surface area contributed by atoms with Crippen molar-refractivity contribution in [3.63, 3.8) is 0 Å². The Morgan fingerprint density at radius 1 is 1.18 bits per heavy atom. The molecule has 112 valence electrons. The molecule has 2 heterocycles. The fourth-order valence-electron chi connectivity index (χ4n) is 2.72. The summed E-state index contributed by atoms with van der Waals surface area (Å²) in [5.41, 5.74) is 2.19. The second kappa shape index (κ2) is 5.66. The van der Waals surface area contributed by atoms with E-state index in [1.165, 1.54) is 17.7 Å². The fraction of sp³-hybridized carbons (Fsp3) is 0.294. The first-order chi connectivity index (χ1) is 10.8. The van der Waals surface area contributed by atoms with Crippen LogP contribution in [0.5, 0.6) is 0 Å². The molecule has 0 spiro atoms. The fourth-order valence-corrected chi connectivity index (χ4v) is 3.45. The van der Waals surface area contributed by atoms with E-state index in [0.29, 0.717) is 18.3 Å². The van der Waals surface area contributed by atoms with Crippen molar-refractivity contribution in [1.29, 1.82) is 0 Å². The van der Waals surface area contributed by atoms with Gasteiger partial charge in [0.25, 0.3) is 5.56 Å². The van der Waals surface area contributed by atoms with E-state index in [4.69, 9.17) is 0 Å². The molecule has 1 N–H and O–H groups in total. The number of thiophene rings is 1. The summed E-state index contributed by atoms with van der Waals surface area (Å²) in [5, 5.41) is 2.10. The zero-order valence-corrected chi connectivity index (χ0v) is 13.0. The molecule has 0 aliphatic heterocycles. The molecule has 0 radical (unpaired) electrons. The number of H-pyrrole nitrogens is 1. The second-order valence-electron chi connectivity index (χ2n) is 5.75. The van der Waals surface area contributed by atoms with Crippen molar-refractivity contribution in [1.82, 2.24) is 14.9 Å². The molecule has 1 aromatic carbocycles. The van der Waals surface area contributed by atoms with Gasteiger partial charge in [0.15, 0.2) is 0 Å². The standard InChI is InChI=1S/C17H17N3OS/c21-17-16(18-14-5-1-2-6-15(14)19-17)11-20(12-7-8-12)10-13-4-3-9-22-13/h1-6,9,12H,7-8,10-11H2,(H,19,21). The molecule has 1 saturated carbocycles. The molecule has 0 bridgehead atoms. The average Bonchev–Trinajstić information content (AvgIpc) is 3.25. The van der Waals surface area contributed by atoms with Crippen LogP contribution >= 0.6 is 11.3 Å². The zero-order chi connectivity index (χ0) is 14.9. The number of nitrogens with one attached hydrogen (secondary N) is 1. The maximum Gasteiger partial charge on any atom is 0.271 e. The predicted molar refractivity (Wildman–Crippen MR) is 89.0 cm³/mol. The van der Waals surface area contributed by atoms with E-state index in [0.717, 1.165) is 17.6 Å². The molecule has 0 amide bonds. The minimum absolute atomic E-state index is 0.0736. The number of para-hydroxylation sites is 2. The Kier molecular flexibility index (Phi) is 3.52. The Hall–Kier alpha value is -1.98. The molecule has 22 heavy (non-hydrogen) atoms. The van der Waals surface area contributed by atoms with Crippen LogP contribution in [-0.4, -0.2) is 20.9 Å². The summed E-state index contributed by atoms with van der Waals surface area (Å²) in [4.78, 5) is 23.5. The molecule has 1 aliphatic rings. The van der Waals surface area contributed by atoms with Gasteiger partial charge in [-0.1, -0.05) is 18.2 Å². The first-order valence-corrected chi connectivity index (χ1v) is 8.42. The second-order valence-corrected chi connectivity index (χ2v) is 6.78. The third-order valence-corrected chi connectivity index (χ3v) is 4.89. The summed E-state index contributed by atoms with van der Waals surface area (Å²) in [6.07, 6.45) is 2.44. The molecule has 0 atom stereocenters. The Morgan fingerprint density at radius 3 is 2.82 bits per heavy atom. The monoisotopic (exact) mass is 311 g/mol. The highest BCUT2D eigenvalue weighted by Gasteiger charge is 2.30. The lowest BCUT2D eigenvalue weighted by Crippen LogP contribution is -2.29. The molecule has 0 unspecified atom stereocenters. The quantitative estimate of drug-likeness (QED) is 0.787. The normalized spacial score (nSPS) is 14.8. The van der Waals surface area contributed by atoms with Crippen LogP contribution in [-0.2, 0) is 13.1 Å². The van der Waals surface area contributed by atoms with E-state index in [1.54, 1.807) is 11.3 Å². The van der Waals surface area contributed by atoms with Gasteiger partial charge in [-0.25, -0.2) is 4.98 Å². The van der Waals surface area contributed by atoms with Crippen LogP contribution < -0.4 is 5.56 Å². The lowest BCUT2D eigenvalue weighted by atomic mass is 10.3. The number of hydrogen-bond acceptors (Lipinski definition) is 4. The van der Waals surface area contributed by atoms with E-state index in [9.17, 15) is 4.79 Å². The Morgan fingerprint density at radius 2 is 2.05 bits per heavy atom. The highest BCUT2D eigenvalue weighted by molar-refractivity contribution is 7.09. The van der Waals surface area contributed by atoms with Gasteiger partial charge in [0.05, 0.1) is 11.0 Å². The van der Waals surface area contributed by atoms with E-state index in [2.05, 4.69) is 32.4 Å². The van der Waals surface area contributed by atoms with Crippen molar-refractivity contribution in [3.8, 4) is 0 Å². The van der Waals surface area contributed by atoms with Gasteiger partial charge in [0.1, 0.15) is 5.69 Å². The molecular weight excluding hydrogens is 294 g/mol. The van der Waals surface area contributed by atoms with Crippen molar-refractivity contribution in [2.45, 2.75) is 32.0 Å². The first kappa shape index (κ1) is 13.7. The summed E-state index contributed by atoms with van der Waals surface area (Å²) in [6, 6.07) is 12.5. The number of fused-ring (bicyclic) bond motifs is 1. The van der Waals surface area contributed by atoms with Gasteiger partial charge >= 0.3 is 0 Å². The SMILES string of the molecule is O=c1[nH]c2ccccc2nc1CN(Cc1cccs1)C1CC1. The van der Waals surface area contributed by atoms with Crippen molar-refractivity contribution >= 4 is 22.4 Å². The van der Waals surface area contributed by atoms with Gasteiger partial charge in [0, 0.05) is 24.0 Å². The summed E-state index contributed by atoms with van der Waals surface area (Å²) in [5.74, 6) is 0. The maximum absolute atomic E-state index is 12.3. The van der Waals surface area contributed by atoms with Gasteiger partial charge in [-0.05, 0) is 36.4 Å². The van der Waals surface area contributed by atoms with Crippen molar-refractivity contribution in [2.75, 3.05) is 0 Å². The molecule has 0 saturated heterocycles. The Bertz CT molecular complexity index is 836. The highest BCUT2D eigenvalue weighted by atomic mass is 32.1. The Balaban J connectivity index is 1.63. The number of aromatic nitrogens is 2. The van der Waals surface area contributed by atoms with Crippen LogP contribution in [0.4, 0.5) is 0 Å². The third-order valence-electron chi connectivity index (χ3n) is 4.02. The van der Waals surface area contributed by atoms with Crippen LogP contribution in [0, 0.1) is 0 Å². The molecular formula is C17H17N3OS. The number of nitrogens with zero attached hydrogens (tertiary/aromatic N) is 2.